The van der Waals surface area contributed by atoms with E-state index in [1.54, 1.807) is 25.3 Å². The van der Waals surface area contributed by atoms with Crippen LogP contribution in [0.2, 0.25) is 0 Å². The standard InChI is InChI=1S/C13H15ClN2O2S/c1-10(8-14)9-19(17,18)16-12-6-2-4-11-5-3-7-15-13(11)12/h2-7,10,16H,8-9H2,1H3. The molecule has 0 aliphatic rings. The average molecular weight is 299 g/mol. The number of alkyl halides is 1. The smallest absolute Gasteiger partial charge is 0.233 e. The molecule has 1 aromatic heterocycles. The number of rotatable bonds is 5. The van der Waals surface area contributed by atoms with Gasteiger partial charge >= 0.3 is 0 Å². The first-order valence-electron chi connectivity index (χ1n) is 5.92. The molecule has 0 saturated carbocycles. The Bertz CT molecular complexity index is 668. The quantitative estimate of drug-likeness (QED) is 0.864. The summed E-state index contributed by atoms with van der Waals surface area (Å²) < 4.78 is 26.6. The first kappa shape index (κ1) is 14.1. The van der Waals surface area contributed by atoms with Crippen LogP contribution in [0, 0.1) is 5.92 Å². The van der Waals surface area contributed by atoms with Gasteiger partial charge in [-0.3, -0.25) is 9.71 Å². The molecule has 1 N–H and O–H groups in total. The van der Waals surface area contributed by atoms with Crippen molar-refractivity contribution in [3.05, 3.63) is 36.5 Å². The molecule has 2 rings (SSSR count). The molecule has 1 aromatic carbocycles. The lowest BCUT2D eigenvalue weighted by molar-refractivity contribution is 0.588. The minimum absolute atomic E-state index is 0.000277. The van der Waals surface area contributed by atoms with Crippen molar-refractivity contribution in [1.29, 1.82) is 0 Å². The second kappa shape index (κ2) is 5.75. The Kier molecular flexibility index (Phi) is 4.27. The number of nitrogens with one attached hydrogen (secondary N) is 1. The molecular formula is C13H15ClN2O2S. The number of hydrogen-bond acceptors (Lipinski definition) is 3. The van der Waals surface area contributed by atoms with Gasteiger partial charge in [0.15, 0.2) is 0 Å². The summed E-state index contributed by atoms with van der Waals surface area (Å²) in [5.41, 5.74) is 1.15. The van der Waals surface area contributed by atoms with Crippen LogP contribution < -0.4 is 4.72 Å². The third-order valence-electron chi connectivity index (χ3n) is 2.67. The Hall–Kier alpha value is -1.33. The fourth-order valence-corrected chi connectivity index (χ4v) is 3.50. The van der Waals surface area contributed by atoms with Crippen molar-refractivity contribution in [2.45, 2.75) is 6.92 Å². The lowest BCUT2D eigenvalue weighted by Gasteiger charge is -2.12. The summed E-state index contributed by atoms with van der Waals surface area (Å²) in [4.78, 5) is 4.21. The van der Waals surface area contributed by atoms with Crippen molar-refractivity contribution in [3.8, 4) is 0 Å². The van der Waals surface area contributed by atoms with Gasteiger partial charge < -0.3 is 0 Å². The molecule has 0 spiro atoms. The van der Waals surface area contributed by atoms with E-state index in [9.17, 15) is 8.42 Å². The van der Waals surface area contributed by atoms with Gasteiger partial charge in [-0.05, 0) is 18.1 Å². The SMILES string of the molecule is CC(CCl)CS(=O)(=O)Nc1cccc2cccnc12. The van der Waals surface area contributed by atoms with Crippen molar-refractivity contribution in [1.82, 2.24) is 4.98 Å². The van der Waals surface area contributed by atoms with Gasteiger partial charge in [0, 0.05) is 17.5 Å². The number of hydrogen-bond donors (Lipinski definition) is 1. The average Bonchev–Trinajstić information content (AvgIpc) is 2.38. The van der Waals surface area contributed by atoms with E-state index in [4.69, 9.17) is 11.6 Å². The zero-order valence-electron chi connectivity index (χ0n) is 10.5. The Morgan fingerprint density at radius 2 is 2.05 bits per heavy atom. The molecule has 1 heterocycles. The zero-order valence-corrected chi connectivity index (χ0v) is 12.1. The maximum absolute atomic E-state index is 12.0. The summed E-state index contributed by atoms with van der Waals surface area (Å²) in [7, 11) is -3.41. The molecule has 1 unspecified atom stereocenters. The molecule has 0 bridgehead atoms. The molecule has 0 amide bonds. The van der Waals surface area contributed by atoms with Gasteiger partial charge in [0.2, 0.25) is 10.0 Å². The van der Waals surface area contributed by atoms with Crippen LogP contribution in [-0.4, -0.2) is 25.0 Å². The molecule has 0 aliphatic carbocycles. The molecule has 19 heavy (non-hydrogen) atoms. The molecule has 4 nitrogen and oxygen atoms in total. The highest BCUT2D eigenvalue weighted by Gasteiger charge is 2.16. The number of pyridine rings is 1. The van der Waals surface area contributed by atoms with Crippen LogP contribution in [0.15, 0.2) is 36.5 Å². The summed E-state index contributed by atoms with van der Waals surface area (Å²) in [5, 5.41) is 0.896. The highest BCUT2D eigenvalue weighted by Crippen LogP contribution is 2.22. The summed E-state index contributed by atoms with van der Waals surface area (Å²) in [6, 6.07) is 9.10. The highest BCUT2D eigenvalue weighted by molar-refractivity contribution is 7.92. The largest absolute Gasteiger partial charge is 0.281 e. The van der Waals surface area contributed by atoms with Crippen LogP contribution in [0.3, 0.4) is 0 Å². The van der Waals surface area contributed by atoms with Crippen LogP contribution in [0.5, 0.6) is 0 Å². The molecule has 2 aromatic rings. The van der Waals surface area contributed by atoms with E-state index >= 15 is 0 Å². The predicted octanol–water partition coefficient (Wildman–Crippen LogP) is 2.85. The first-order valence-corrected chi connectivity index (χ1v) is 8.11. The van der Waals surface area contributed by atoms with E-state index in [0.717, 1.165) is 5.39 Å². The summed E-state index contributed by atoms with van der Waals surface area (Å²) in [5.74, 6) is 0.219. The van der Waals surface area contributed by atoms with Gasteiger partial charge in [0.05, 0.1) is 17.0 Å². The van der Waals surface area contributed by atoms with E-state index in [0.29, 0.717) is 17.1 Å². The van der Waals surface area contributed by atoms with E-state index in [1.807, 2.05) is 18.2 Å². The number of sulfonamides is 1. The normalized spacial score (nSPS) is 13.4. The Morgan fingerprint density at radius 1 is 1.32 bits per heavy atom. The maximum atomic E-state index is 12.0. The molecule has 0 fully saturated rings. The maximum Gasteiger partial charge on any atom is 0.233 e. The predicted molar refractivity (Wildman–Crippen MR) is 79.0 cm³/mol. The Labute approximate surface area is 117 Å². The number of para-hydroxylation sites is 1. The van der Waals surface area contributed by atoms with Crippen LogP contribution in [-0.2, 0) is 10.0 Å². The Balaban J connectivity index is 2.31. The van der Waals surface area contributed by atoms with E-state index < -0.39 is 10.0 Å². The molecule has 1 atom stereocenters. The van der Waals surface area contributed by atoms with Crippen LogP contribution in [0.1, 0.15) is 6.92 Å². The third-order valence-corrected chi connectivity index (χ3v) is 4.73. The number of halogens is 1. The van der Waals surface area contributed by atoms with E-state index in [1.165, 1.54) is 0 Å². The zero-order chi connectivity index (χ0) is 13.9. The Morgan fingerprint density at radius 3 is 2.79 bits per heavy atom. The second-order valence-electron chi connectivity index (χ2n) is 4.52. The monoisotopic (exact) mass is 298 g/mol. The lowest BCUT2D eigenvalue weighted by Crippen LogP contribution is -2.22. The highest BCUT2D eigenvalue weighted by atomic mass is 35.5. The van der Waals surface area contributed by atoms with Crippen molar-refractivity contribution in [2.75, 3.05) is 16.4 Å². The van der Waals surface area contributed by atoms with E-state index in [-0.39, 0.29) is 11.7 Å². The third kappa shape index (κ3) is 3.58. The van der Waals surface area contributed by atoms with E-state index in [2.05, 4.69) is 9.71 Å². The molecule has 0 aliphatic heterocycles. The van der Waals surface area contributed by atoms with Gasteiger partial charge in [-0.1, -0.05) is 25.1 Å². The van der Waals surface area contributed by atoms with Gasteiger partial charge in [0.1, 0.15) is 0 Å². The van der Waals surface area contributed by atoms with Gasteiger partial charge in [-0.2, -0.15) is 0 Å². The molecule has 0 saturated heterocycles. The number of anilines is 1. The minimum atomic E-state index is -3.41. The summed E-state index contributed by atoms with van der Waals surface area (Å²) in [6.07, 6.45) is 1.64. The number of benzene rings is 1. The first-order chi connectivity index (χ1) is 9.02. The van der Waals surface area contributed by atoms with Gasteiger partial charge in [0.25, 0.3) is 0 Å². The fraction of sp³-hybridized carbons (Fsp3) is 0.308. The van der Waals surface area contributed by atoms with Crippen molar-refractivity contribution in [2.24, 2.45) is 5.92 Å². The van der Waals surface area contributed by atoms with Crippen molar-refractivity contribution in [3.63, 3.8) is 0 Å². The molecule has 0 radical (unpaired) electrons. The van der Waals surface area contributed by atoms with Crippen LogP contribution >= 0.6 is 11.6 Å². The lowest BCUT2D eigenvalue weighted by atomic mass is 10.2. The number of nitrogens with zero attached hydrogens (tertiary/aromatic N) is 1. The summed E-state index contributed by atoms with van der Waals surface area (Å²) in [6.45, 7) is 1.80. The number of aromatic nitrogens is 1. The fourth-order valence-electron chi connectivity index (χ4n) is 1.81. The van der Waals surface area contributed by atoms with Crippen molar-refractivity contribution < 1.29 is 8.42 Å². The minimum Gasteiger partial charge on any atom is -0.281 e. The molecular weight excluding hydrogens is 284 g/mol. The molecule has 102 valence electrons. The van der Waals surface area contributed by atoms with Crippen LogP contribution in [0.4, 0.5) is 5.69 Å². The second-order valence-corrected chi connectivity index (χ2v) is 6.60. The van der Waals surface area contributed by atoms with Gasteiger partial charge in [-0.25, -0.2) is 8.42 Å². The molecule has 6 heteroatoms. The van der Waals surface area contributed by atoms with Gasteiger partial charge in [-0.15, -0.1) is 11.6 Å². The summed E-state index contributed by atoms with van der Waals surface area (Å²) >= 11 is 5.65. The number of fused-ring (bicyclic) bond motifs is 1. The van der Waals surface area contributed by atoms with Crippen LogP contribution in [0.25, 0.3) is 10.9 Å². The topological polar surface area (TPSA) is 59.1 Å². The van der Waals surface area contributed by atoms with Crippen molar-refractivity contribution >= 4 is 38.2 Å².